The zero-order chi connectivity index (χ0) is 23.1. The summed E-state index contributed by atoms with van der Waals surface area (Å²) < 4.78 is 20.7. The number of carbonyl (C=O) groups excluding carboxylic acids is 3. The predicted molar refractivity (Wildman–Crippen MR) is 114 cm³/mol. The molecule has 0 radical (unpaired) electrons. The van der Waals surface area contributed by atoms with Crippen LogP contribution in [0.15, 0.2) is 30.5 Å². The highest BCUT2D eigenvalue weighted by Gasteiger charge is 2.27. The van der Waals surface area contributed by atoms with Crippen LogP contribution in [0.25, 0.3) is 5.65 Å². The number of ether oxygens (including phenoxy) is 1. The van der Waals surface area contributed by atoms with Crippen LogP contribution in [0.2, 0.25) is 0 Å². The van der Waals surface area contributed by atoms with E-state index in [1.807, 2.05) is 11.9 Å². The first-order valence-electron chi connectivity index (χ1n) is 10.5. The molecule has 11 heteroatoms. The molecule has 1 saturated heterocycles. The Bertz CT molecular complexity index is 1280. The number of hydrogen-bond donors (Lipinski definition) is 2. The number of amides is 2. The highest BCUT2D eigenvalue weighted by atomic mass is 19.1. The maximum atomic E-state index is 14.2. The van der Waals surface area contributed by atoms with Crippen molar-refractivity contribution in [3.8, 4) is 5.75 Å². The maximum Gasteiger partial charge on any atom is 0.270 e. The Morgan fingerprint density at radius 1 is 1.24 bits per heavy atom. The Morgan fingerprint density at radius 3 is 2.85 bits per heavy atom. The van der Waals surface area contributed by atoms with Gasteiger partial charge in [-0.3, -0.25) is 14.4 Å². The van der Waals surface area contributed by atoms with Gasteiger partial charge in [0, 0.05) is 37.7 Å². The highest BCUT2D eigenvalue weighted by molar-refractivity contribution is 5.98. The van der Waals surface area contributed by atoms with Crippen LogP contribution in [0.1, 0.15) is 32.1 Å². The van der Waals surface area contributed by atoms with E-state index in [-0.39, 0.29) is 48.4 Å². The monoisotopic (exact) mass is 452 g/mol. The van der Waals surface area contributed by atoms with E-state index in [1.165, 1.54) is 6.07 Å². The van der Waals surface area contributed by atoms with E-state index in [2.05, 4.69) is 20.7 Å². The van der Waals surface area contributed by atoms with E-state index >= 15 is 0 Å². The van der Waals surface area contributed by atoms with Crippen molar-refractivity contribution in [1.29, 1.82) is 0 Å². The summed E-state index contributed by atoms with van der Waals surface area (Å²) in [6.07, 6.45) is 1.24. The lowest BCUT2D eigenvalue weighted by molar-refractivity contribution is -0.121. The van der Waals surface area contributed by atoms with E-state index in [9.17, 15) is 18.8 Å². The molecule has 10 nitrogen and oxygen atoms in total. The summed E-state index contributed by atoms with van der Waals surface area (Å²) in [5.74, 6) is -1.12. The van der Waals surface area contributed by atoms with Crippen LogP contribution in [0, 0.1) is 5.82 Å². The fraction of sp³-hybridized carbons (Fsp3) is 0.318. The number of carbonyl (C=O) groups is 3. The van der Waals surface area contributed by atoms with Crippen molar-refractivity contribution in [3.63, 3.8) is 0 Å². The standard InChI is InChI=1S/C22H21FN6O4/c1-28-9-14(10-28)26-22(32)18-6-17(27-20-16(23)8-25-29(18)20)21(31)24-7-12-2-3-19-13(4-12)5-15(30)11-33-19/h2-4,6,8,14H,5,7,9-11H2,1H3,(H,24,31)(H,26,32). The van der Waals surface area contributed by atoms with Gasteiger partial charge >= 0.3 is 0 Å². The Balaban J connectivity index is 1.35. The Morgan fingerprint density at radius 2 is 2.06 bits per heavy atom. The largest absolute Gasteiger partial charge is 0.486 e. The van der Waals surface area contributed by atoms with Gasteiger partial charge in [-0.1, -0.05) is 6.07 Å². The topological polar surface area (TPSA) is 118 Å². The predicted octanol–water partition coefficient (Wildman–Crippen LogP) is 0.346. The molecule has 33 heavy (non-hydrogen) atoms. The van der Waals surface area contributed by atoms with Gasteiger partial charge < -0.3 is 20.3 Å². The molecule has 2 N–H and O–H groups in total. The minimum absolute atomic E-state index is 0.0108. The number of halogens is 1. The fourth-order valence-corrected chi connectivity index (χ4v) is 3.98. The molecule has 2 aliphatic heterocycles. The van der Waals surface area contributed by atoms with E-state index in [0.29, 0.717) is 18.8 Å². The Kier molecular flexibility index (Phi) is 5.25. The molecule has 4 heterocycles. The summed E-state index contributed by atoms with van der Waals surface area (Å²) >= 11 is 0. The number of nitrogens with one attached hydrogen (secondary N) is 2. The van der Waals surface area contributed by atoms with Crippen molar-refractivity contribution in [1.82, 2.24) is 30.1 Å². The highest BCUT2D eigenvalue weighted by Crippen LogP contribution is 2.24. The number of fused-ring (bicyclic) bond motifs is 2. The van der Waals surface area contributed by atoms with Crippen molar-refractivity contribution in [2.24, 2.45) is 0 Å². The molecule has 1 aromatic carbocycles. The summed E-state index contributed by atoms with van der Waals surface area (Å²) in [7, 11) is 1.94. The van der Waals surface area contributed by atoms with Crippen LogP contribution in [0.5, 0.6) is 5.75 Å². The molecule has 0 atom stereocenters. The van der Waals surface area contributed by atoms with Gasteiger partial charge in [0.25, 0.3) is 11.8 Å². The van der Waals surface area contributed by atoms with Crippen molar-refractivity contribution >= 4 is 23.2 Å². The third kappa shape index (κ3) is 4.14. The number of hydrogen-bond acceptors (Lipinski definition) is 7. The van der Waals surface area contributed by atoms with Crippen LogP contribution in [-0.2, 0) is 17.8 Å². The van der Waals surface area contributed by atoms with Crippen molar-refractivity contribution < 1.29 is 23.5 Å². The van der Waals surface area contributed by atoms with Gasteiger partial charge in [-0.05, 0) is 24.7 Å². The smallest absolute Gasteiger partial charge is 0.270 e. The van der Waals surface area contributed by atoms with Gasteiger partial charge in [-0.2, -0.15) is 5.10 Å². The average Bonchev–Trinajstić information content (AvgIpc) is 3.16. The van der Waals surface area contributed by atoms with Crippen molar-refractivity contribution in [3.05, 3.63) is 58.8 Å². The zero-order valence-electron chi connectivity index (χ0n) is 17.8. The normalized spacial score (nSPS) is 16.1. The number of aromatic nitrogens is 3. The van der Waals surface area contributed by atoms with Crippen LogP contribution >= 0.6 is 0 Å². The van der Waals surface area contributed by atoms with Gasteiger partial charge in [0.2, 0.25) is 0 Å². The molecule has 170 valence electrons. The summed E-state index contributed by atoms with van der Waals surface area (Å²) in [6, 6.07) is 6.62. The molecule has 5 rings (SSSR count). The molecule has 3 aromatic rings. The third-order valence-corrected chi connectivity index (χ3v) is 5.65. The van der Waals surface area contributed by atoms with E-state index in [1.54, 1.807) is 18.2 Å². The van der Waals surface area contributed by atoms with Crippen molar-refractivity contribution in [2.75, 3.05) is 26.7 Å². The number of rotatable bonds is 5. The lowest BCUT2D eigenvalue weighted by Gasteiger charge is -2.36. The minimum Gasteiger partial charge on any atom is -0.486 e. The number of likely N-dealkylation sites (tertiary alicyclic amines) is 1. The second kappa shape index (κ2) is 8.24. The minimum atomic E-state index is -0.735. The first kappa shape index (κ1) is 21.0. The van der Waals surface area contributed by atoms with E-state index in [0.717, 1.165) is 21.8 Å². The van der Waals surface area contributed by atoms with Gasteiger partial charge in [0.15, 0.2) is 17.2 Å². The SMILES string of the molecule is CN1CC(NC(=O)c2cc(C(=O)NCc3ccc4c(c3)CC(=O)CO4)nc3c(F)cnn23)C1. The molecule has 2 aromatic heterocycles. The first-order chi connectivity index (χ1) is 15.9. The molecular formula is C22H21FN6O4. The molecule has 2 aliphatic rings. The van der Waals surface area contributed by atoms with Gasteiger partial charge in [0.05, 0.1) is 12.2 Å². The molecule has 0 saturated carbocycles. The lowest BCUT2D eigenvalue weighted by Crippen LogP contribution is -2.57. The first-order valence-corrected chi connectivity index (χ1v) is 10.5. The van der Waals surface area contributed by atoms with Gasteiger partial charge in [-0.15, -0.1) is 0 Å². The second-order valence-corrected chi connectivity index (χ2v) is 8.28. The van der Waals surface area contributed by atoms with Crippen molar-refractivity contribution in [2.45, 2.75) is 19.0 Å². The molecule has 0 aliphatic carbocycles. The van der Waals surface area contributed by atoms with Gasteiger partial charge in [-0.25, -0.2) is 13.9 Å². The maximum absolute atomic E-state index is 14.2. The molecule has 0 unspecified atom stereocenters. The number of nitrogens with zero attached hydrogens (tertiary/aromatic N) is 4. The van der Waals surface area contributed by atoms with E-state index < -0.39 is 17.6 Å². The molecule has 2 amide bonds. The van der Waals surface area contributed by atoms with Crippen LogP contribution < -0.4 is 15.4 Å². The second-order valence-electron chi connectivity index (χ2n) is 8.28. The summed E-state index contributed by atoms with van der Waals surface area (Å²) in [4.78, 5) is 43.3. The zero-order valence-corrected chi connectivity index (χ0v) is 17.8. The fourth-order valence-electron chi connectivity index (χ4n) is 3.98. The Labute approximate surface area is 187 Å². The quantitative estimate of drug-likeness (QED) is 0.573. The molecule has 0 bridgehead atoms. The summed E-state index contributed by atoms with van der Waals surface area (Å²) in [5.41, 5.74) is 1.24. The van der Waals surface area contributed by atoms with Crippen LogP contribution in [-0.4, -0.2) is 69.9 Å². The number of Topliss-reactive ketones (excluding diaryl/α,β-unsaturated/α-hetero) is 1. The molecular weight excluding hydrogens is 431 g/mol. The average molecular weight is 452 g/mol. The Hall–Kier alpha value is -3.86. The van der Waals surface area contributed by atoms with Crippen LogP contribution in [0.4, 0.5) is 4.39 Å². The van der Waals surface area contributed by atoms with E-state index in [4.69, 9.17) is 4.74 Å². The number of benzene rings is 1. The van der Waals surface area contributed by atoms with Crippen LogP contribution in [0.3, 0.4) is 0 Å². The molecule has 0 spiro atoms. The van der Waals surface area contributed by atoms with Gasteiger partial charge in [0.1, 0.15) is 23.7 Å². The third-order valence-electron chi connectivity index (χ3n) is 5.65. The number of ketones is 1. The summed E-state index contributed by atoms with van der Waals surface area (Å²) in [6.45, 7) is 1.64. The molecule has 1 fully saturated rings. The summed E-state index contributed by atoms with van der Waals surface area (Å²) in [5, 5.41) is 9.47. The lowest BCUT2D eigenvalue weighted by atomic mass is 10.0. The number of likely N-dealkylation sites (N-methyl/N-ethyl adjacent to an activating group) is 1.